The molecule has 0 radical (unpaired) electrons. The van der Waals surface area contributed by atoms with Crippen molar-refractivity contribution in [2.45, 2.75) is 0 Å². The Hall–Kier alpha value is -2.73. The highest BCUT2D eigenvalue weighted by atomic mass is 32.1. The van der Waals surface area contributed by atoms with Crippen LogP contribution in [0.1, 0.15) is 20.0 Å². The Kier molecular flexibility index (Phi) is 3.37. The lowest BCUT2D eigenvalue weighted by molar-refractivity contribution is 0.0702. The normalized spacial score (nSPS) is 10.5. The van der Waals surface area contributed by atoms with Crippen LogP contribution in [-0.2, 0) is 0 Å². The van der Waals surface area contributed by atoms with Gasteiger partial charge in [0.05, 0.1) is 16.1 Å². The summed E-state index contributed by atoms with van der Waals surface area (Å²) in [4.78, 5) is 27.6. The molecule has 2 N–H and O–H groups in total. The van der Waals surface area contributed by atoms with E-state index < -0.39 is 5.97 Å². The molecule has 0 spiro atoms. The zero-order chi connectivity index (χ0) is 14.8. The molecule has 1 aromatic carbocycles. The monoisotopic (exact) mass is 298 g/mol. The molecule has 0 aliphatic carbocycles. The summed E-state index contributed by atoms with van der Waals surface area (Å²) in [5.41, 5.74) is 1.24. The van der Waals surface area contributed by atoms with Gasteiger partial charge in [-0.15, -0.1) is 11.3 Å². The quantitative estimate of drug-likeness (QED) is 0.778. The van der Waals surface area contributed by atoms with Gasteiger partial charge in [0, 0.05) is 11.6 Å². The van der Waals surface area contributed by atoms with E-state index in [1.165, 1.54) is 6.07 Å². The Morgan fingerprint density at radius 3 is 2.67 bits per heavy atom. The van der Waals surface area contributed by atoms with Gasteiger partial charge in [0.25, 0.3) is 5.91 Å². The molecule has 0 aliphatic heterocycles. The molecule has 0 saturated carbocycles. The first-order valence-electron chi connectivity index (χ1n) is 6.13. The molecular weight excluding hydrogens is 288 g/mol. The van der Waals surface area contributed by atoms with Gasteiger partial charge in [-0.2, -0.15) is 0 Å². The number of benzene rings is 1. The van der Waals surface area contributed by atoms with Crippen LogP contribution in [0.5, 0.6) is 0 Å². The number of aromatic nitrogens is 1. The minimum Gasteiger partial charge on any atom is -0.477 e. The number of para-hydroxylation sites is 1. The molecule has 2 aromatic heterocycles. The van der Waals surface area contributed by atoms with E-state index >= 15 is 0 Å². The number of rotatable bonds is 3. The second-order valence-corrected chi connectivity index (χ2v) is 5.38. The van der Waals surface area contributed by atoms with E-state index in [0.29, 0.717) is 10.6 Å². The molecule has 1 amide bonds. The molecule has 0 fully saturated rings. The first kappa shape index (κ1) is 13.3. The second kappa shape index (κ2) is 5.34. The van der Waals surface area contributed by atoms with E-state index in [-0.39, 0.29) is 10.8 Å². The molecular formula is C15H10N2O3S. The van der Waals surface area contributed by atoms with Gasteiger partial charge in [-0.1, -0.05) is 18.2 Å². The van der Waals surface area contributed by atoms with Gasteiger partial charge in [-0.05, 0) is 24.3 Å². The highest BCUT2D eigenvalue weighted by molar-refractivity contribution is 7.18. The molecule has 3 aromatic rings. The summed E-state index contributed by atoms with van der Waals surface area (Å²) in [5.74, 6) is -1.29. The zero-order valence-electron chi connectivity index (χ0n) is 10.7. The smallest absolute Gasteiger partial charge is 0.345 e. The fourth-order valence-corrected chi connectivity index (χ4v) is 2.73. The predicted octanol–water partition coefficient (Wildman–Crippen LogP) is 3.25. The molecule has 0 atom stereocenters. The van der Waals surface area contributed by atoms with Crippen LogP contribution in [0.4, 0.5) is 5.00 Å². The number of amides is 1. The molecule has 2 heterocycles. The van der Waals surface area contributed by atoms with Crippen molar-refractivity contribution in [1.29, 1.82) is 0 Å². The molecule has 0 bridgehead atoms. The van der Waals surface area contributed by atoms with E-state index in [1.807, 2.05) is 24.3 Å². The number of aromatic carboxylic acids is 1. The van der Waals surface area contributed by atoms with Gasteiger partial charge in [-0.25, -0.2) is 4.79 Å². The summed E-state index contributed by atoms with van der Waals surface area (Å²) >= 11 is 1.02. The summed E-state index contributed by atoms with van der Waals surface area (Å²) in [6.45, 7) is 0. The van der Waals surface area contributed by atoms with Crippen molar-refractivity contribution in [3.8, 4) is 0 Å². The van der Waals surface area contributed by atoms with Gasteiger partial charge < -0.3 is 10.4 Å². The largest absolute Gasteiger partial charge is 0.477 e. The van der Waals surface area contributed by atoms with Crippen LogP contribution in [-0.4, -0.2) is 22.0 Å². The number of nitrogens with zero attached hydrogens (tertiary/aromatic N) is 1. The van der Waals surface area contributed by atoms with Crippen molar-refractivity contribution in [2.75, 3.05) is 5.32 Å². The van der Waals surface area contributed by atoms with Gasteiger partial charge in [0.2, 0.25) is 0 Å². The Morgan fingerprint density at radius 1 is 1.10 bits per heavy atom. The number of anilines is 1. The number of carbonyl (C=O) groups excluding carboxylic acids is 1. The third-order valence-electron chi connectivity index (χ3n) is 2.95. The number of hydrogen-bond donors (Lipinski definition) is 2. The van der Waals surface area contributed by atoms with Crippen LogP contribution in [0, 0.1) is 0 Å². The summed E-state index contributed by atoms with van der Waals surface area (Å²) in [7, 11) is 0. The van der Waals surface area contributed by atoms with Gasteiger partial charge in [-0.3, -0.25) is 9.78 Å². The molecule has 0 saturated heterocycles. The second-order valence-electron chi connectivity index (χ2n) is 4.30. The van der Waals surface area contributed by atoms with Gasteiger partial charge in [0.1, 0.15) is 4.88 Å². The van der Waals surface area contributed by atoms with Crippen LogP contribution in [0.25, 0.3) is 10.9 Å². The molecule has 6 heteroatoms. The van der Waals surface area contributed by atoms with Crippen molar-refractivity contribution >= 4 is 39.1 Å². The maximum absolute atomic E-state index is 12.3. The maximum atomic E-state index is 12.3. The number of carbonyl (C=O) groups is 2. The number of thiophene rings is 1. The van der Waals surface area contributed by atoms with Crippen molar-refractivity contribution < 1.29 is 14.7 Å². The van der Waals surface area contributed by atoms with E-state index in [9.17, 15) is 9.59 Å². The fraction of sp³-hybridized carbons (Fsp3) is 0. The first-order valence-corrected chi connectivity index (χ1v) is 6.95. The molecule has 3 rings (SSSR count). The van der Waals surface area contributed by atoms with Crippen molar-refractivity contribution in [1.82, 2.24) is 4.98 Å². The fourth-order valence-electron chi connectivity index (χ4n) is 1.99. The molecule has 0 aliphatic rings. The SMILES string of the molecule is O=C(O)c1ccc(NC(=O)c2ccnc3ccccc23)s1. The molecule has 0 unspecified atom stereocenters. The topological polar surface area (TPSA) is 79.3 Å². The molecule has 104 valence electrons. The van der Waals surface area contributed by atoms with Gasteiger partial charge in [0.15, 0.2) is 0 Å². The highest BCUT2D eigenvalue weighted by Gasteiger charge is 2.13. The Balaban J connectivity index is 1.91. The first-order chi connectivity index (χ1) is 10.1. The van der Waals surface area contributed by atoms with Crippen LogP contribution in [0.2, 0.25) is 0 Å². The van der Waals surface area contributed by atoms with Crippen molar-refractivity contribution in [3.05, 3.63) is 59.1 Å². The Morgan fingerprint density at radius 2 is 1.90 bits per heavy atom. The standard InChI is InChI=1S/C15H10N2O3S/c18-14(17-13-6-5-12(21-13)15(19)20)10-7-8-16-11-4-2-1-3-9(10)11/h1-8H,(H,17,18)(H,19,20). The highest BCUT2D eigenvalue weighted by Crippen LogP contribution is 2.23. The van der Waals surface area contributed by atoms with E-state index in [0.717, 1.165) is 22.2 Å². The van der Waals surface area contributed by atoms with Crippen LogP contribution < -0.4 is 5.32 Å². The van der Waals surface area contributed by atoms with E-state index in [1.54, 1.807) is 18.3 Å². The van der Waals surface area contributed by atoms with Gasteiger partial charge >= 0.3 is 5.97 Å². The van der Waals surface area contributed by atoms with Crippen LogP contribution in [0.3, 0.4) is 0 Å². The average molecular weight is 298 g/mol. The lowest BCUT2D eigenvalue weighted by Gasteiger charge is -2.05. The predicted molar refractivity (Wildman–Crippen MR) is 81.0 cm³/mol. The zero-order valence-corrected chi connectivity index (χ0v) is 11.6. The number of hydrogen-bond acceptors (Lipinski definition) is 4. The van der Waals surface area contributed by atoms with Crippen molar-refractivity contribution in [3.63, 3.8) is 0 Å². The summed E-state index contributed by atoms with van der Waals surface area (Å²) in [5, 5.41) is 12.8. The van der Waals surface area contributed by atoms with E-state index in [2.05, 4.69) is 10.3 Å². The lowest BCUT2D eigenvalue weighted by atomic mass is 10.1. The third-order valence-corrected chi connectivity index (χ3v) is 3.94. The van der Waals surface area contributed by atoms with Crippen LogP contribution in [0.15, 0.2) is 48.7 Å². The maximum Gasteiger partial charge on any atom is 0.345 e. The number of carboxylic acids is 1. The molecule has 5 nitrogen and oxygen atoms in total. The number of carboxylic acid groups (broad SMARTS) is 1. The summed E-state index contributed by atoms with van der Waals surface area (Å²) < 4.78 is 0. The third kappa shape index (κ3) is 2.61. The van der Waals surface area contributed by atoms with Crippen LogP contribution >= 0.6 is 11.3 Å². The minimum atomic E-state index is -1.00. The number of nitrogens with one attached hydrogen (secondary N) is 1. The lowest BCUT2D eigenvalue weighted by Crippen LogP contribution is -2.11. The summed E-state index contributed by atoms with van der Waals surface area (Å²) in [6, 6.07) is 12.0. The Bertz CT molecular complexity index is 836. The minimum absolute atomic E-state index is 0.185. The molecule has 21 heavy (non-hydrogen) atoms. The van der Waals surface area contributed by atoms with E-state index in [4.69, 9.17) is 5.11 Å². The number of pyridine rings is 1. The summed E-state index contributed by atoms with van der Waals surface area (Å²) in [6.07, 6.45) is 1.58. The van der Waals surface area contributed by atoms with Crippen molar-refractivity contribution in [2.24, 2.45) is 0 Å². The number of fused-ring (bicyclic) bond motifs is 1. The Labute approximate surface area is 123 Å². The average Bonchev–Trinajstić information content (AvgIpc) is 2.95.